The maximum atomic E-state index is 11.8. The van der Waals surface area contributed by atoms with Gasteiger partial charge in [0.1, 0.15) is 6.10 Å². The summed E-state index contributed by atoms with van der Waals surface area (Å²) in [5.41, 5.74) is 0. The van der Waals surface area contributed by atoms with Crippen molar-refractivity contribution in [2.75, 3.05) is 39.3 Å². The number of nitrogens with zero attached hydrogens (tertiary/aromatic N) is 3. The first kappa shape index (κ1) is 23.0. The number of hydrogen-bond donors (Lipinski definition) is 1. The van der Waals surface area contributed by atoms with Crippen LogP contribution in [0.5, 0.6) is 0 Å². The molecule has 0 atom stereocenters. The van der Waals surface area contributed by atoms with Crippen molar-refractivity contribution in [2.24, 2.45) is 4.99 Å². The average molecular weight is 480 g/mol. The number of carbonyl (C=O) groups excluding carboxylic acids is 2. The monoisotopic (exact) mass is 480 g/mol. The van der Waals surface area contributed by atoms with Crippen molar-refractivity contribution >= 4 is 41.8 Å². The lowest BCUT2D eigenvalue weighted by molar-refractivity contribution is -0.148. The van der Waals surface area contributed by atoms with E-state index in [-0.39, 0.29) is 42.0 Å². The fourth-order valence-electron chi connectivity index (χ4n) is 3.32. The molecule has 1 amide bonds. The predicted molar refractivity (Wildman–Crippen MR) is 113 cm³/mol. The summed E-state index contributed by atoms with van der Waals surface area (Å²) in [5.74, 6) is 0.902. The van der Waals surface area contributed by atoms with Crippen LogP contribution in [0.3, 0.4) is 0 Å². The molecule has 1 saturated carbocycles. The molecule has 0 bridgehead atoms. The maximum absolute atomic E-state index is 11.8. The minimum absolute atomic E-state index is 0. The van der Waals surface area contributed by atoms with Crippen molar-refractivity contribution in [1.29, 1.82) is 0 Å². The molecule has 1 saturated heterocycles. The van der Waals surface area contributed by atoms with Crippen LogP contribution in [-0.4, -0.2) is 73.0 Å². The lowest BCUT2D eigenvalue weighted by Crippen LogP contribution is -2.53. The highest BCUT2D eigenvalue weighted by Crippen LogP contribution is 2.21. The zero-order valence-electron chi connectivity index (χ0n) is 16.0. The molecule has 0 aromatic carbocycles. The van der Waals surface area contributed by atoms with Gasteiger partial charge in [0.25, 0.3) is 0 Å². The predicted octanol–water partition coefficient (Wildman–Crippen LogP) is 2.00. The van der Waals surface area contributed by atoms with Crippen LogP contribution in [0.2, 0.25) is 0 Å². The third kappa shape index (κ3) is 7.67. The quantitative estimate of drug-likeness (QED) is 0.207. The summed E-state index contributed by atoms with van der Waals surface area (Å²) >= 11 is 0. The number of esters is 1. The van der Waals surface area contributed by atoms with Crippen LogP contribution in [0.15, 0.2) is 4.99 Å². The first-order chi connectivity index (χ1) is 12.1. The minimum atomic E-state index is -0.0952. The van der Waals surface area contributed by atoms with Gasteiger partial charge in [-0.3, -0.25) is 14.6 Å². The van der Waals surface area contributed by atoms with E-state index in [2.05, 4.69) is 15.2 Å². The third-order valence-corrected chi connectivity index (χ3v) is 4.76. The van der Waals surface area contributed by atoms with Crippen molar-refractivity contribution in [1.82, 2.24) is 15.1 Å². The molecule has 1 heterocycles. The van der Waals surface area contributed by atoms with Gasteiger partial charge in [-0.25, -0.2) is 0 Å². The van der Waals surface area contributed by atoms with Gasteiger partial charge in [-0.1, -0.05) is 0 Å². The van der Waals surface area contributed by atoms with E-state index in [4.69, 9.17) is 4.74 Å². The van der Waals surface area contributed by atoms with E-state index in [9.17, 15) is 9.59 Å². The van der Waals surface area contributed by atoms with Crippen molar-refractivity contribution < 1.29 is 14.3 Å². The van der Waals surface area contributed by atoms with Crippen molar-refractivity contribution in [3.63, 3.8) is 0 Å². The number of piperazine rings is 1. The van der Waals surface area contributed by atoms with E-state index in [0.29, 0.717) is 19.4 Å². The van der Waals surface area contributed by atoms with Gasteiger partial charge in [-0.15, -0.1) is 24.0 Å². The van der Waals surface area contributed by atoms with Gasteiger partial charge in [-0.05, 0) is 39.0 Å². The number of aliphatic imine (C=N–C) groups is 1. The summed E-state index contributed by atoms with van der Waals surface area (Å²) in [6.07, 6.45) is 5.65. The van der Waals surface area contributed by atoms with Crippen molar-refractivity contribution in [3.05, 3.63) is 0 Å². The molecule has 1 aliphatic heterocycles. The van der Waals surface area contributed by atoms with E-state index in [0.717, 1.165) is 51.5 Å². The van der Waals surface area contributed by atoms with Crippen LogP contribution in [0.1, 0.15) is 52.4 Å². The molecule has 7 nitrogen and oxygen atoms in total. The second-order valence-corrected chi connectivity index (χ2v) is 6.73. The van der Waals surface area contributed by atoms with Gasteiger partial charge in [-0.2, -0.15) is 0 Å². The van der Waals surface area contributed by atoms with Gasteiger partial charge < -0.3 is 19.9 Å². The third-order valence-electron chi connectivity index (χ3n) is 4.76. The van der Waals surface area contributed by atoms with Gasteiger partial charge in [0.05, 0.1) is 0 Å². The molecule has 0 spiro atoms. The molecule has 2 fully saturated rings. The summed E-state index contributed by atoms with van der Waals surface area (Å²) in [5, 5.41) is 3.30. The number of ether oxygens (including phenoxy) is 1. The Morgan fingerprint density at radius 2 is 1.73 bits per heavy atom. The molecular formula is C18H33IN4O3. The Labute approximate surface area is 173 Å². The van der Waals surface area contributed by atoms with E-state index in [1.54, 1.807) is 6.92 Å². The van der Waals surface area contributed by atoms with E-state index < -0.39 is 0 Å². The molecule has 0 aromatic rings. The highest BCUT2D eigenvalue weighted by molar-refractivity contribution is 14.0. The van der Waals surface area contributed by atoms with Crippen LogP contribution >= 0.6 is 24.0 Å². The second kappa shape index (κ2) is 12.3. The molecule has 0 aromatic heterocycles. The number of carbonyl (C=O) groups is 2. The maximum Gasteiger partial charge on any atom is 0.306 e. The summed E-state index contributed by atoms with van der Waals surface area (Å²) in [6.45, 7) is 8.09. The first-order valence-electron chi connectivity index (χ1n) is 9.58. The second-order valence-electron chi connectivity index (χ2n) is 6.73. The largest absolute Gasteiger partial charge is 0.462 e. The molecule has 8 heteroatoms. The fraction of sp³-hybridized carbons (Fsp3) is 0.833. The van der Waals surface area contributed by atoms with Crippen molar-refractivity contribution in [2.45, 2.75) is 58.5 Å². The Morgan fingerprint density at radius 1 is 1.12 bits per heavy atom. The van der Waals surface area contributed by atoms with Gasteiger partial charge in [0.2, 0.25) is 5.91 Å². The highest BCUT2D eigenvalue weighted by atomic mass is 127. The SMILES string of the molecule is CCNC(=NCCCC(=O)OC1CCCC1)N1CCN(C(C)=O)CC1.I. The normalized spacial score (nSPS) is 18.5. The lowest BCUT2D eigenvalue weighted by Gasteiger charge is -2.36. The molecule has 1 aliphatic carbocycles. The van der Waals surface area contributed by atoms with Crippen LogP contribution in [-0.2, 0) is 14.3 Å². The Bertz CT molecular complexity index is 473. The number of nitrogens with one attached hydrogen (secondary N) is 1. The van der Waals surface area contributed by atoms with Gasteiger partial charge in [0, 0.05) is 52.6 Å². The Hall–Kier alpha value is -1.06. The number of amides is 1. The van der Waals surface area contributed by atoms with Crippen LogP contribution in [0.4, 0.5) is 0 Å². The van der Waals surface area contributed by atoms with Crippen LogP contribution in [0.25, 0.3) is 0 Å². The first-order valence-corrected chi connectivity index (χ1v) is 9.58. The summed E-state index contributed by atoms with van der Waals surface area (Å²) in [4.78, 5) is 31.9. The molecular weight excluding hydrogens is 447 g/mol. The van der Waals surface area contributed by atoms with Crippen molar-refractivity contribution in [3.8, 4) is 0 Å². The Kier molecular flexibility index (Phi) is 10.9. The zero-order chi connectivity index (χ0) is 18.1. The van der Waals surface area contributed by atoms with Gasteiger partial charge >= 0.3 is 5.97 Å². The minimum Gasteiger partial charge on any atom is -0.462 e. The molecule has 150 valence electrons. The van der Waals surface area contributed by atoms with Crippen LogP contribution < -0.4 is 5.32 Å². The molecule has 2 aliphatic rings. The topological polar surface area (TPSA) is 74.2 Å². The fourth-order valence-corrected chi connectivity index (χ4v) is 3.32. The van der Waals surface area contributed by atoms with E-state index >= 15 is 0 Å². The number of hydrogen-bond acceptors (Lipinski definition) is 4. The number of rotatable bonds is 6. The highest BCUT2D eigenvalue weighted by Gasteiger charge is 2.21. The standard InChI is InChI=1S/C18H32N4O3.HI/c1-3-19-18(22-13-11-21(12-14-22)15(2)23)20-10-6-9-17(24)25-16-7-4-5-8-16;/h16H,3-14H2,1-2H3,(H,19,20);1H. The number of guanidine groups is 1. The van der Waals surface area contributed by atoms with E-state index in [1.165, 1.54) is 12.8 Å². The average Bonchev–Trinajstić information content (AvgIpc) is 3.10. The molecule has 0 unspecified atom stereocenters. The summed E-state index contributed by atoms with van der Waals surface area (Å²) in [6, 6.07) is 0. The van der Waals surface area contributed by atoms with Crippen LogP contribution in [0, 0.1) is 0 Å². The summed E-state index contributed by atoms with van der Waals surface area (Å²) in [7, 11) is 0. The molecule has 2 rings (SSSR count). The zero-order valence-corrected chi connectivity index (χ0v) is 18.4. The molecule has 26 heavy (non-hydrogen) atoms. The molecule has 1 N–H and O–H groups in total. The van der Waals surface area contributed by atoms with E-state index in [1.807, 2.05) is 11.8 Å². The number of halogens is 1. The van der Waals surface area contributed by atoms with Gasteiger partial charge in [0.15, 0.2) is 5.96 Å². The smallest absolute Gasteiger partial charge is 0.306 e. The molecule has 0 radical (unpaired) electrons. The lowest BCUT2D eigenvalue weighted by atomic mass is 10.3. The summed E-state index contributed by atoms with van der Waals surface area (Å²) < 4.78 is 5.47. The Balaban J connectivity index is 0.00000338. The Morgan fingerprint density at radius 3 is 2.31 bits per heavy atom.